The Morgan fingerprint density at radius 2 is 2.31 bits per heavy atom. The molecule has 0 spiro atoms. The Bertz CT molecular complexity index is 172. The van der Waals surface area contributed by atoms with Crippen molar-refractivity contribution in [2.45, 2.75) is 38.4 Å². The molecule has 0 aromatic rings. The van der Waals surface area contributed by atoms with Crippen LogP contribution in [0.2, 0.25) is 0 Å². The van der Waals surface area contributed by atoms with E-state index in [0.717, 1.165) is 26.1 Å². The molecule has 0 aromatic carbocycles. The molecule has 1 aliphatic rings. The molecule has 96 valence electrons. The number of nitrogens with zero attached hydrogens (tertiary/aromatic N) is 1. The fourth-order valence-electron chi connectivity index (χ4n) is 2.25. The van der Waals surface area contributed by atoms with E-state index < -0.39 is 0 Å². The van der Waals surface area contributed by atoms with Crippen LogP contribution in [0.4, 0.5) is 0 Å². The third-order valence-electron chi connectivity index (χ3n) is 3.23. The highest BCUT2D eigenvalue weighted by molar-refractivity contribution is 4.74. The molecule has 4 heteroatoms. The number of rotatable bonds is 7. The molecular formula is C12H26N2O2. The van der Waals surface area contributed by atoms with E-state index in [9.17, 15) is 0 Å². The van der Waals surface area contributed by atoms with Crippen LogP contribution in [0.15, 0.2) is 0 Å². The number of piperidine rings is 1. The van der Waals surface area contributed by atoms with Crippen LogP contribution >= 0.6 is 0 Å². The minimum atomic E-state index is 0.201. The SMILES string of the molecule is CCOC1CCCN(CCC(CN)OC)C1. The first-order valence-electron chi connectivity index (χ1n) is 6.37. The lowest BCUT2D eigenvalue weighted by molar-refractivity contribution is 0.000521. The summed E-state index contributed by atoms with van der Waals surface area (Å²) in [4.78, 5) is 2.46. The number of hydrogen-bond donors (Lipinski definition) is 1. The van der Waals surface area contributed by atoms with Gasteiger partial charge < -0.3 is 20.1 Å². The lowest BCUT2D eigenvalue weighted by Crippen LogP contribution is -2.41. The van der Waals surface area contributed by atoms with Gasteiger partial charge in [0, 0.05) is 33.4 Å². The maximum Gasteiger partial charge on any atom is 0.0705 e. The van der Waals surface area contributed by atoms with Crippen LogP contribution in [0, 0.1) is 0 Å². The van der Waals surface area contributed by atoms with Crippen molar-refractivity contribution in [3.8, 4) is 0 Å². The van der Waals surface area contributed by atoms with E-state index in [-0.39, 0.29) is 6.10 Å². The van der Waals surface area contributed by atoms with Crippen molar-refractivity contribution < 1.29 is 9.47 Å². The lowest BCUT2D eigenvalue weighted by Gasteiger charge is -2.33. The van der Waals surface area contributed by atoms with Gasteiger partial charge >= 0.3 is 0 Å². The first-order valence-corrected chi connectivity index (χ1v) is 6.37. The molecule has 0 radical (unpaired) electrons. The van der Waals surface area contributed by atoms with E-state index in [0.29, 0.717) is 12.6 Å². The highest BCUT2D eigenvalue weighted by Crippen LogP contribution is 2.13. The smallest absolute Gasteiger partial charge is 0.0705 e. The molecule has 0 saturated carbocycles. The summed E-state index contributed by atoms with van der Waals surface area (Å²) in [6, 6.07) is 0. The highest BCUT2D eigenvalue weighted by atomic mass is 16.5. The predicted molar refractivity (Wildman–Crippen MR) is 65.6 cm³/mol. The first-order chi connectivity index (χ1) is 7.80. The van der Waals surface area contributed by atoms with Gasteiger partial charge in [-0.25, -0.2) is 0 Å². The largest absolute Gasteiger partial charge is 0.380 e. The predicted octanol–water partition coefficient (Wildman–Crippen LogP) is 0.851. The molecule has 1 aliphatic heterocycles. The summed E-state index contributed by atoms with van der Waals surface area (Å²) >= 11 is 0. The Balaban J connectivity index is 2.20. The molecule has 16 heavy (non-hydrogen) atoms. The Kier molecular flexibility index (Phi) is 6.96. The number of ether oxygens (including phenoxy) is 2. The van der Waals surface area contributed by atoms with Gasteiger partial charge in [-0.15, -0.1) is 0 Å². The van der Waals surface area contributed by atoms with Gasteiger partial charge in [-0.3, -0.25) is 0 Å². The average molecular weight is 230 g/mol. The summed E-state index contributed by atoms with van der Waals surface area (Å²) < 4.78 is 11.0. The quantitative estimate of drug-likeness (QED) is 0.704. The standard InChI is InChI=1S/C12H26N2O2/c1-3-16-12-5-4-7-14(10-12)8-6-11(9-13)15-2/h11-12H,3-10,13H2,1-2H3. The summed E-state index contributed by atoms with van der Waals surface area (Å²) in [6.07, 6.45) is 4.09. The number of nitrogens with two attached hydrogens (primary N) is 1. The maximum absolute atomic E-state index is 5.67. The minimum absolute atomic E-state index is 0.201. The molecule has 1 fully saturated rings. The highest BCUT2D eigenvalue weighted by Gasteiger charge is 2.20. The summed E-state index contributed by atoms with van der Waals surface area (Å²) in [5.74, 6) is 0. The zero-order valence-electron chi connectivity index (χ0n) is 10.7. The lowest BCUT2D eigenvalue weighted by atomic mass is 10.1. The average Bonchev–Trinajstić information content (AvgIpc) is 2.31. The number of likely N-dealkylation sites (tertiary alicyclic amines) is 1. The van der Waals surface area contributed by atoms with E-state index in [1.807, 2.05) is 0 Å². The third-order valence-corrected chi connectivity index (χ3v) is 3.23. The van der Waals surface area contributed by atoms with Crippen LogP contribution in [0.1, 0.15) is 26.2 Å². The van der Waals surface area contributed by atoms with Crippen molar-refractivity contribution in [3.63, 3.8) is 0 Å². The van der Waals surface area contributed by atoms with Crippen molar-refractivity contribution in [2.75, 3.05) is 39.9 Å². The van der Waals surface area contributed by atoms with Crippen LogP contribution < -0.4 is 5.73 Å². The zero-order chi connectivity index (χ0) is 11.8. The Morgan fingerprint density at radius 1 is 1.50 bits per heavy atom. The molecule has 0 aliphatic carbocycles. The van der Waals surface area contributed by atoms with Crippen molar-refractivity contribution >= 4 is 0 Å². The van der Waals surface area contributed by atoms with Crippen LogP contribution in [0.25, 0.3) is 0 Å². The summed E-state index contributed by atoms with van der Waals surface area (Å²) in [6.45, 7) is 6.81. The first kappa shape index (κ1) is 13.9. The molecule has 0 bridgehead atoms. The van der Waals surface area contributed by atoms with Gasteiger partial charge in [-0.2, -0.15) is 0 Å². The molecule has 2 unspecified atom stereocenters. The fraction of sp³-hybridized carbons (Fsp3) is 1.00. The van der Waals surface area contributed by atoms with Crippen LogP contribution in [-0.4, -0.2) is 57.0 Å². The maximum atomic E-state index is 5.67. The Hall–Kier alpha value is -0.160. The Labute approximate surface area is 99.1 Å². The molecule has 1 heterocycles. The second-order valence-corrected chi connectivity index (χ2v) is 4.40. The van der Waals surface area contributed by atoms with Crippen molar-refractivity contribution in [1.29, 1.82) is 0 Å². The van der Waals surface area contributed by atoms with E-state index in [1.165, 1.54) is 19.4 Å². The molecule has 0 amide bonds. The topological polar surface area (TPSA) is 47.7 Å². The molecule has 1 saturated heterocycles. The number of hydrogen-bond acceptors (Lipinski definition) is 4. The van der Waals surface area contributed by atoms with Gasteiger partial charge in [0.2, 0.25) is 0 Å². The summed E-state index contributed by atoms with van der Waals surface area (Å²) in [5.41, 5.74) is 5.61. The van der Waals surface area contributed by atoms with Crippen molar-refractivity contribution in [3.05, 3.63) is 0 Å². The van der Waals surface area contributed by atoms with Gasteiger partial charge in [0.15, 0.2) is 0 Å². The second-order valence-electron chi connectivity index (χ2n) is 4.40. The third kappa shape index (κ3) is 4.78. The summed E-state index contributed by atoms with van der Waals surface area (Å²) in [7, 11) is 1.73. The summed E-state index contributed by atoms with van der Waals surface area (Å²) in [5, 5.41) is 0. The molecule has 1 rings (SSSR count). The van der Waals surface area contributed by atoms with Crippen LogP contribution in [0.5, 0.6) is 0 Å². The monoisotopic (exact) mass is 230 g/mol. The zero-order valence-corrected chi connectivity index (χ0v) is 10.7. The molecule has 2 atom stereocenters. The second kappa shape index (κ2) is 8.01. The van der Waals surface area contributed by atoms with Crippen LogP contribution in [0.3, 0.4) is 0 Å². The van der Waals surface area contributed by atoms with Gasteiger partial charge in [-0.05, 0) is 32.7 Å². The van der Waals surface area contributed by atoms with Gasteiger partial charge in [-0.1, -0.05) is 0 Å². The van der Waals surface area contributed by atoms with E-state index in [1.54, 1.807) is 7.11 Å². The molecule has 4 nitrogen and oxygen atoms in total. The van der Waals surface area contributed by atoms with Gasteiger partial charge in [0.1, 0.15) is 0 Å². The van der Waals surface area contributed by atoms with Crippen molar-refractivity contribution in [2.24, 2.45) is 5.73 Å². The van der Waals surface area contributed by atoms with E-state index >= 15 is 0 Å². The Morgan fingerprint density at radius 3 is 2.94 bits per heavy atom. The molecule has 2 N–H and O–H groups in total. The van der Waals surface area contributed by atoms with E-state index in [4.69, 9.17) is 15.2 Å². The van der Waals surface area contributed by atoms with E-state index in [2.05, 4.69) is 11.8 Å². The number of methoxy groups -OCH3 is 1. The minimum Gasteiger partial charge on any atom is -0.380 e. The van der Waals surface area contributed by atoms with Gasteiger partial charge in [0.05, 0.1) is 12.2 Å². The fourth-order valence-corrected chi connectivity index (χ4v) is 2.25. The normalized spacial score (nSPS) is 24.6. The van der Waals surface area contributed by atoms with Gasteiger partial charge in [0.25, 0.3) is 0 Å². The van der Waals surface area contributed by atoms with Crippen molar-refractivity contribution in [1.82, 2.24) is 4.90 Å². The van der Waals surface area contributed by atoms with Crippen LogP contribution in [-0.2, 0) is 9.47 Å². The molecular weight excluding hydrogens is 204 g/mol. The molecule has 0 aromatic heterocycles.